The zero-order valence-electron chi connectivity index (χ0n) is 14.6. The third-order valence-electron chi connectivity index (χ3n) is 4.02. The van der Waals surface area contributed by atoms with Crippen LogP contribution in [0.3, 0.4) is 0 Å². The van der Waals surface area contributed by atoms with E-state index in [2.05, 4.69) is 35.1 Å². The van der Waals surface area contributed by atoms with Crippen LogP contribution < -0.4 is 5.32 Å². The predicted octanol–water partition coefficient (Wildman–Crippen LogP) is 4.15. The zero-order valence-corrected chi connectivity index (χ0v) is 16.2. The molecule has 0 spiro atoms. The van der Waals surface area contributed by atoms with E-state index in [0.717, 1.165) is 10.0 Å². The second kappa shape index (κ2) is 8.15. The molecule has 0 saturated carbocycles. The summed E-state index contributed by atoms with van der Waals surface area (Å²) in [6.07, 6.45) is 0.210. The lowest BCUT2D eigenvalue weighted by molar-refractivity contribution is 0.0393. The molecular weight excluding hydrogens is 358 g/mol. The molecule has 1 aromatic carbocycles. The molecule has 2 N–H and O–H groups in total. The van der Waals surface area contributed by atoms with Gasteiger partial charge in [0.15, 0.2) is 0 Å². The van der Waals surface area contributed by atoms with Gasteiger partial charge >= 0.3 is 6.09 Å². The molecular formula is C18H28BrNO3. The summed E-state index contributed by atoms with van der Waals surface area (Å²) in [7, 11) is 0. The monoisotopic (exact) mass is 385 g/mol. The molecule has 4 nitrogen and oxygen atoms in total. The van der Waals surface area contributed by atoms with Crippen molar-refractivity contribution in [1.29, 1.82) is 0 Å². The number of hydrogen-bond donors (Lipinski definition) is 2. The molecule has 0 radical (unpaired) electrons. The molecule has 0 aliphatic heterocycles. The molecule has 1 rings (SSSR count). The van der Waals surface area contributed by atoms with Crippen molar-refractivity contribution in [3.63, 3.8) is 0 Å². The van der Waals surface area contributed by atoms with Crippen molar-refractivity contribution in [1.82, 2.24) is 5.32 Å². The average molecular weight is 386 g/mol. The van der Waals surface area contributed by atoms with E-state index in [9.17, 15) is 9.90 Å². The maximum Gasteiger partial charge on any atom is 0.407 e. The number of amides is 1. The molecule has 1 amide bonds. The Kier molecular flexibility index (Phi) is 7.08. The molecule has 0 aliphatic carbocycles. The molecule has 0 bridgehead atoms. The fourth-order valence-corrected chi connectivity index (χ4v) is 2.77. The lowest BCUT2D eigenvalue weighted by Crippen LogP contribution is -2.46. The first kappa shape index (κ1) is 20.0. The Balaban J connectivity index is 2.87. The van der Waals surface area contributed by atoms with Gasteiger partial charge in [0.1, 0.15) is 5.60 Å². The summed E-state index contributed by atoms with van der Waals surface area (Å²) in [6.45, 7) is 9.95. The fourth-order valence-electron chi connectivity index (χ4n) is 2.35. The highest BCUT2D eigenvalue weighted by atomic mass is 79.9. The second-order valence-electron chi connectivity index (χ2n) is 7.30. The van der Waals surface area contributed by atoms with Crippen LogP contribution in [-0.4, -0.2) is 30.0 Å². The maximum absolute atomic E-state index is 11.9. The Hall–Kier alpha value is -1.07. The lowest BCUT2D eigenvalue weighted by atomic mass is 9.73. The minimum atomic E-state index is -0.535. The number of aliphatic hydroxyl groups is 1. The highest BCUT2D eigenvalue weighted by molar-refractivity contribution is 9.10. The molecule has 0 aliphatic rings. The zero-order chi connectivity index (χ0) is 17.7. The van der Waals surface area contributed by atoms with Crippen molar-refractivity contribution in [2.45, 2.75) is 46.6 Å². The minimum Gasteiger partial charge on any atom is -0.444 e. The van der Waals surface area contributed by atoms with E-state index in [4.69, 9.17) is 4.74 Å². The number of alkyl carbamates (subject to hydrolysis) is 1. The van der Waals surface area contributed by atoms with Gasteiger partial charge in [-0.3, -0.25) is 0 Å². The van der Waals surface area contributed by atoms with Crippen LogP contribution in [0.25, 0.3) is 0 Å². The van der Waals surface area contributed by atoms with Crippen molar-refractivity contribution in [3.8, 4) is 0 Å². The van der Waals surface area contributed by atoms with E-state index < -0.39 is 17.1 Å². The summed E-state index contributed by atoms with van der Waals surface area (Å²) in [6, 6.07) is 7.95. The summed E-state index contributed by atoms with van der Waals surface area (Å²) in [5, 5.41) is 12.9. The maximum atomic E-state index is 11.9. The summed E-state index contributed by atoms with van der Waals surface area (Å²) in [4.78, 5) is 11.9. The first-order valence-corrected chi connectivity index (χ1v) is 8.70. The Morgan fingerprint density at radius 1 is 1.30 bits per heavy atom. The third-order valence-corrected chi connectivity index (χ3v) is 4.80. The number of rotatable bonds is 6. The van der Waals surface area contributed by atoms with Crippen LogP contribution in [0.5, 0.6) is 0 Å². The normalized spacial score (nSPS) is 14.4. The summed E-state index contributed by atoms with van der Waals surface area (Å²) in [5.41, 5.74) is 0.133. The lowest BCUT2D eigenvalue weighted by Gasteiger charge is -2.36. The van der Waals surface area contributed by atoms with Gasteiger partial charge in [-0.05, 0) is 44.7 Å². The van der Waals surface area contributed by atoms with Crippen LogP contribution in [-0.2, 0) is 11.2 Å². The Bertz CT molecular complexity index is 525. The van der Waals surface area contributed by atoms with Gasteiger partial charge < -0.3 is 15.2 Å². The number of nitrogens with one attached hydrogen (secondary N) is 1. The van der Waals surface area contributed by atoms with E-state index in [1.165, 1.54) is 0 Å². The highest BCUT2D eigenvalue weighted by Crippen LogP contribution is 2.33. The highest BCUT2D eigenvalue weighted by Gasteiger charge is 2.35. The summed E-state index contributed by atoms with van der Waals surface area (Å²) < 4.78 is 6.30. The van der Waals surface area contributed by atoms with Crippen LogP contribution in [0.4, 0.5) is 4.79 Å². The van der Waals surface area contributed by atoms with Crippen LogP contribution in [0, 0.1) is 11.3 Å². The summed E-state index contributed by atoms with van der Waals surface area (Å²) >= 11 is 3.55. The Morgan fingerprint density at radius 2 is 1.91 bits per heavy atom. The van der Waals surface area contributed by atoms with Gasteiger partial charge in [0, 0.05) is 16.4 Å². The number of benzene rings is 1. The molecule has 1 atom stereocenters. The van der Waals surface area contributed by atoms with Gasteiger partial charge in [0.2, 0.25) is 0 Å². The number of hydrogen-bond acceptors (Lipinski definition) is 3. The van der Waals surface area contributed by atoms with Gasteiger partial charge in [0.25, 0.3) is 0 Å². The van der Waals surface area contributed by atoms with Crippen LogP contribution >= 0.6 is 15.9 Å². The fraction of sp³-hybridized carbons (Fsp3) is 0.611. The van der Waals surface area contributed by atoms with E-state index in [-0.39, 0.29) is 12.5 Å². The summed E-state index contributed by atoms with van der Waals surface area (Å²) in [5.74, 6) is 0.189. The predicted molar refractivity (Wildman–Crippen MR) is 96.4 cm³/mol. The molecule has 1 unspecified atom stereocenters. The SMILES string of the molecule is CC(C)C(CO)(CNC(=O)OC(C)(C)C)Cc1ccccc1Br. The van der Waals surface area contributed by atoms with Crippen LogP contribution in [0.1, 0.15) is 40.2 Å². The smallest absolute Gasteiger partial charge is 0.407 e. The number of carbonyl (C=O) groups excluding carboxylic acids is 1. The van der Waals surface area contributed by atoms with Crippen molar-refractivity contribution in [2.75, 3.05) is 13.2 Å². The minimum absolute atomic E-state index is 0.0121. The van der Waals surface area contributed by atoms with E-state index in [1.54, 1.807) is 0 Å². The molecule has 1 aromatic rings. The van der Waals surface area contributed by atoms with Gasteiger partial charge in [-0.15, -0.1) is 0 Å². The first-order chi connectivity index (χ1) is 10.6. The quantitative estimate of drug-likeness (QED) is 0.772. The van der Waals surface area contributed by atoms with Crippen molar-refractivity contribution in [2.24, 2.45) is 11.3 Å². The molecule has 0 aromatic heterocycles. The van der Waals surface area contributed by atoms with Crippen molar-refractivity contribution in [3.05, 3.63) is 34.3 Å². The van der Waals surface area contributed by atoms with Crippen LogP contribution in [0.15, 0.2) is 28.7 Å². The molecule has 5 heteroatoms. The van der Waals surface area contributed by atoms with Crippen LogP contribution in [0.2, 0.25) is 0 Å². The number of halogens is 1. The van der Waals surface area contributed by atoms with Gasteiger partial charge in [-0.2, -0.15) is 0 Å². The van der Waals surface area contributed by atoms with Gasteiger partial charge in [0.05, 0.1) is 6.61 Å². The van der Waals surface area contributed by atoms with E-state index in [1.807, 2.05) is 45.0 Å². The molecule has 0 heterocycles. The van der Waals surface area contributed by atoms with Gasteiger partial charge in [-0.1, -0.05) is 48.0 Å². The average Bonchev–Trinajstić information content (AvgIpc) is 2.43. The largest absolute Gasteiger partial charge is 0.444 e. The third kappa shape index (κ3) is 6.15. The molecule has 130 valence electrons. The number of carbonyl (C=O) groups is 1. The second-order valence-corrected chi connectivity index (χ2v) is 8.15. The van der Waals surface area contributed by atoms with Crippen molar-refractivity contribution < 1.29 is 14.6 Å². The van der Waals surface area contributed by atoms with E-state index >= 15 is 0 Å². The standard InChI is InChI=1S/C18H28BrNO3/c1-13(2)18(12-21,10-14-8-6-7-9-15(14)19)11-20-16(22)23-17(3,4)5/h6-9,13,21H,10-12H2,1-5H3,(H,20,22). The van der Waals surface area contributed by atoms with Gasteiger partial charge in [-0.25, -0.2) is 4.79 Å². The Morgan fingerprint density at radius 3 is 2.39 bits per heavy atom. The molecule has 0 saturated heterocycles. The first-order valence-electron chi connectivity index (χ1n) is 7.91. The Labute approximate surface area is 147 Å². The van der Waals surface area contributed by atoms with E-state index in [0.29, 0.717) is 13.0 Å². The molecule has 0 fully saturated rings. The number of ether oxygens (including phenoxy) is 1. The number of aliphatic hydroxyl groups excluding tert-OH is 1. The topological polar surface area (TPSA) is 58.6 Å². The molecule has 23 heavy (non-hydrogen) atoms. The van der Waals surface area contributed by atoms with Crippen molar-refractivity contribution >= 4 is 22.0 Å².